The van der Waals surface area contributed by atoms with Gasteiger partial charge in [0.2, 0.25) is 0 Å². The van der Waals surface area contributed by atoms with Crippen LogP contribution < -0.4 is 5.32 Å². The van der Waals surface area contributed by atoms with E-state index in [-0.39, 0.29) is 5.54 Å². The molecule has 1 aliphatic carbocycles. The van der Waals surface area contributed by atoms with E-state index in [0.717, 1.165) is 5.92 Å². The van der Waals surface area contributed by atoms with Crippen LogP contribution in [0, 0.1) is 5.92 Å². The Morgan fingerprint density at radius 2 is 1.78 bits per heavy atom. The van der Waals surface area contributed by atoms with Crippen LogP contribution in [0.2, 0.25) is 0 Å². The molecule has 1 aromatic rings. The van der Waals surface area contributed by atoms with Gasteiger partial charge in [0.25, 0.3) is 0 Å². The average Bonchev–Trinajstić information content (AvgIpc) is 2.89. The smallest absolute Gasteiger partial charge is 0.0128 e. The number of nitrogens with one attached hydrogen (secondary N) is 1. The summed E-state index contributed by atoms with van der Waals surface area (Å²) in [5, 5.41) is 3.77. The van der Waals surface area contributed by atoms with Gasteiger partial charge in [-0.1, -0.05) is 43.2 Å². The molecule has 0 saturated heterocycles. The minimum absolute atomic E-state index is 0.262. The minimum atomic E-state index is 0.262. The highest BCUT2D eigenvalue weighted by molar-refractivity contribution is 5.15. The standard InChI is InChI=1S/C17H27N/c1-17(2,18-14-16-10-6-7-11-16)13-12-15-8-4-3-5-9-15/h3-5,8-9,16,18H,6-7,10-14H2,1-2H3. The van der Waals surface area contributed by atoms with E-state index in [2.05, 4.69) is 49.5 Å². The largest absolute Gasteiger partial charge is 0.312 e. The van der Waals surface area contributed by atoms with Crippen LogP contribution in [-0.2, 0) is 6.42 Å². The van der Waals surface area contributed by atoms with E-state index < -0.39 is 0 Å². The number of rotatable bonds is 6. The van der Waals surface area contributed by atoms with Gasteiger partial charge in [-0.25, -0.2) is 0 Å². The van der Waals surface area contributed by atoms with Crippen molar-refractivity contribution in [3.05, 3.63) is 35.9 Å². The van der Waals surface area contributed by atoms with Gasteiger partial charge >= 0.3 is 0 Å². The van der Waals surface area contributed by atoms with E-state index in [4.69, 9.17) is 0 Å². The third-order valence-corrected chi connectivity index (χ3v) is 4.23. The summed E-state index contributed by atoms with van der Waals surface area (Å²) < 4.78 is 0. The summed E-state index contributed by atoms with van der Waals surface area (Å²) in [5.74, 6) is 0.931. The summed E-state index contributed by atoms with van der Waals surface area (Å²) in [4.78, 5) is 0. The number of benzene rings is 1. The van der Waals surface area contributed by atoms with E-state index in [1.54, 1.807) is 0 Å². The predicted octanol–water partition coefficient (Wildman–Crippen LogP) is 4.18. The lowest BCUT2D eigenvalue weighted by atomic mass is 9.94. The van der Waals surface area contributed by atoms with Gasteiger partial charge in [0.05, 0.1) is 0 Å². The molecule has 18 heavy (non-hydrogen) atoms. The quantitative estimate of drug-likeness (QED) is 0.793. The van der Waals surface area contributed by atoms with Gasteiger partial charge in [0.15, 0.2) is 0 Å². The molecule has 100 valence electrons. The molecule has 0 unspecified atom stereocenters. The maximum atomic E-state index is 3.77. The zero-order valence-electron chi connectivity index (χ0n) is 11.9. The summed E-state index contributed by atoms with van der Waals surface area (Å²) in [6, 6.07) is 10.8. The van der Waals surface area contributed by atoms with E-state index in [1.165, 1.54) is 50.6 Å². The molecule has 1 nitrogen and oxygen atoms in total. The fraction of sp³-hybridized carbons (Fsp3) is 0.647. The van der Waals surface area contributed by atoms with Crippen molar-refractivity contribution in [3.63, 3.8) is 0 Å². The maximum Gasteiger partial charge on any atom is 0.0128 e. The Morgan fingerprint density at radius 3 is 2.44 bits per heavy atom. The first-order chi connectivity index (χ1) is 8.66. The predicted molar refractivity (Wildman–Crippen MR) is 78.8 cm³/mol. The number of hydrogen-bond acceptors (Lipinski definition) is 1. The molecule has 0 radical (unpaired) electrons. The van der Waals surface area contributed by atoms with Crippen LogP contribution in [0.5, 0.6) is 0 Å². The van der Waals surface area contributed by atoms with Crippen LogP contribution in [0.1, 0.15) is 51.5 Å². The van der Waals surface area contributed by atoms with Crippen molar-refractivity contribution in [2.24, 2.45) is 5.92 Å². The van der Waals surface area contributed by atoms with Gasteiger partial charge in [-0.3, -0.25) is 0 Å². The Kier molecular flexibility index (Phi) is 4.82. The first-order valence-electron chi connectivity index (χ1n) is 7.45. The molecule has 1 aliphatic rings. The summed E-state index contributed by atoms with van der Waals surface area (Å²) in [6.07, 6.45) is 8.13. The molecule has 1 fully saturated rings. The van der Waals surface area contributed by atoms with Crippen molar-refractivity contribution in [2.75, 3.05) is 6.54 Å². The molecule has 0 aliphatic heterocycles. The maximum absolute atomic E-state index is 3.77. The zero-order valence-corrected chi connectivity index (χ0v) is 11.9. The molecule has 0 amide bonds. The van der Waals surface area contributed by atoms with E-state index in [9.17, 15) is 0 Å². The van der Waals surface area contributed by atoms with E-state index >= 15 is 0 Å². The average molecular weight is 245 g/mol. The highest BCUT2D eigenvalue weighted by atomic mass is 15.0. The molecule has 0 aromatic heterocycles. The van der Waals surface area contributed by atoms with Crippen molar-refractivity contribution in [1.82, 2.24) is 5.32 Å². The number of hydrogen-bond donors (Lipinski definition) is 1. The first kappa shape index (κ1) is 13.6. The van der Waals surface area contributed by atoms with Crippen LogP contribution in [0.4, 0.5) is 0 Å². The molecular formula is C17H27N. The Bertz CT molecular complexity index is 336. The van der Waals surface area contributed by atoms with Crippen LogP contribution in [-0.4, -0.2) is 12.1 Å². The Morgan fingerprint density at radius 1 is 1.11 bits per heavy atom. The summed E-state index contributed by atoms with van der Waals surface area (Å²) >= 11 is 0. The van der Waals surface area contributed by atoms with Crippen molar-refractivity contribution in [2.45, 2.75) is 57.9 Å². The second-order valence-electron chi connectivity index (χ2n) is 6.40. The third-order valence-electron chi connectivity index (χ3n) is 4.23. The van der Waals surface area contributed by atoms with Gasteiger partial charge in [-0.15, -0.1) is 0 Å². The van der Waals surface area contributed by atoms with Gasteiger partial charge in [-0.2, -0.15) is 0 Å². The Balaban J connectivity index is 1.72. The molecular weight excluding hydrogens is 218 g/mol. The summed E-state index contributed by atoms with van der Waals surface area (Å²) in [5.41, 5.74) is 1.71. The number of aryl methyl sites for hydroxylation is 1. The molecule has 0 bridgehead atoms. The van der Waals surface area contributed by atoms with Crippen LogP contribution in [0.25, 0.3) is 0 Å². The SMILES string of the molecule is CC(C)(CCc1ccccc1)NCC1CCCC1. The molecule has 0 spiro atoms. The fourth-order valence-corrected chi connectivity index (χ4v) is 2.83. The van der Waals surface area contributed by atoms with Crippen LogP contribution in [0.3, 0.4) is 0 Å². The van der Waals surface area contributed by atoms with Crippen molar-refractivity contribution in [3.8, 4) is 0 Å². The monoisotopic (exact) mass is 245 g/mol. The zero-order chi connectivity index (χ0) is 12.8. The lowest BCUT2D eigenvalue weighted by molar-refractivity contribution is 0.329. The van der Waals surface area contributed by atoms with E-state index in [0.29, 0.717) is 0 Å². The van der Waals surface area contributed by atoms with Crippen molar-refractivity contribution in [1.29, 1.82) is 0 Å². The second-order valence-corrected chi connectivity index (χ2v) is 6.40. The van der Waals surface area contributed by atoms with Crippen molar-refractivity contribution >= 4 is 0 Å². The van der Waals surface area contributed by atoms with Crippen LogP contribution >= 0.6 is 0 Å². The summed E-state index contributed by atoms with van der Waals surface area (Å²) in [7, 11) is 0. The normalized spacial score (nSPS) is 17.2. The Labute approximate surface area is 112 Å². The first-order valence-corrected chi connectivity index (χ1v) is 7.45. The topological polar surface area (TPSA) is 12.0 Å². The fourth-order valence-electron chi connectivity index (χ4n) is 2.83. The van der Waals surface area contributed by atoms with Gasteiger partial charge in [-0.05, 0) is 57.6 Å². The Hall–Kier alpha value is -0.820. The van der Waals surface area contributed by atoms with Gasteiger partial charge in [0, 0.05) is 5.54 Å². The molecule has 0 atom stereocenters. The lowest BCUT2D eigenvalue weighted by Crippen LogP contribution is -2.42. The molecule has 1 heteroatoms. The third kappa shape index (κ3) is 4.45. The lowest BCUT2D eigenvalue weighted by Gasteiger charge is -2.28. The molecule has 1 aromatic carbocycles. The summed E-state index contributed by atoms with van der Waals surface area (Å²) in [6.45, 7) is 5.89. The molecule has 2 rings (SSSR count). The molecule has 0 heterocycles. The second kappa shape index (κ2) is 6.38. The highest BCUT2D eigenvalue weighted by Crippen LogP contribution is 2.25. The van der Waals surface area contributed by atoms with Crippen LogP contribution in [0.15, 0.2) is 30.3 Å². The highest BCUT2D eigenvalue weighted by Gasteiger charge is 2.21. The molecule has 1 N–H and O–H groups in total. The van der Waals surface area contributed by atoms with Crippen molar-refractivity contribution < 1.29 is 0 Å². The van der Waals surface area contributed by atoms with Gasteiger partial charge < -0.3 is 5.32 Å². The molecule has 1 saturated carbocycles. The van der Waals surface area contributed by atoms with E-state index in [1.807, 2.05) is 0 Å². The van der Waals surface area contributed by atoms with Gasteiger partial charge in [0.1, 0.15) is 0 Å². The minimum Gasteiger partial charge on any atom is -0.312 e.